The van der Waals surface area contributed by atoms with Gasteiger partial charge in [-0.2, -0.15) is 0 Å². The number of benzene rings is 1. The number of hydrogen-bond acceptors (Lipinski definition) is 4. The molecule has 31 heavy (non-hydrogen) atoms. The molecule has 5 nitrogen and oxygen atoms in total. The summed E-state index contributed by atoms with van der Waals surface area (Å²) in [5.41, 5.74) is 2.46. The summed E-state index contributed by atoms with van der Waals surface area (Å²) in [5.74, 6) is 1.47. The normalized spacial score (nSPS) is 35.9. The molecule has 4 fully saturated rings. The third-order valence-corrected chi connectivity index (χ3v) is 8.66. The predicted molar refractivity (Wildman–Crippen MR) is 114 cm³/mol. The molecule has 0 saturated heterocycles. The summed E-state index contributed by atoms with van der Waals surface area (Å²) in [7, 11) is 0. The minimum Gasteiger partial charge on any atom is -0.396 e. The van der Waals surface area contributed by atoms with Crippen LogP contribution in [0.5, 0.6) is 0 Å². The number of nitrogens with zero attached hydrogens (tertiary/aromatic N) is 2. The van der Waals surface area contributed by atoms with Crippen LogP contribution in [0, 0.1) is 29.0 Å². The van der Waals surface area contributed by atoms with Crippen LogP contribution < -0.4 is 0 Å². The first kappa shape index (κ1) is 19.9. The number of aliphatic hydroxyl groups is 2. The van der Waals surface area contributed by atoms with Gasteiger partial charge in [0.25, 0.3) is 0 Å². The third-order valence-electron chi connectivity index (χ3n) is 8.66. The van der Waals surface area contributed by atoms with Crippen LogP contribution in [0.3, 0.4) is 0 Å². The molecule has 1 aliphatic heterocycles. The molecule has 1 aromatic heterocycles. The molecule has 2 N–H and O–H groups in total. The number of aliphatic hydroxyl groups excluding tert-OH is 2. The van der Waals surface area contributed by atoms with Crippen molar-refractivity contribution in [3.05, 3.63) is 42.1 Å². The molecular weight excluding hydrogens is 395 g/mol. The van der Waals surface area contributed by atoms with E-state index in [1.54, 1.807) is 18.6 Å². The topological polar surface area (TPSA) is 67.5 Å². The molecule has 2 aromatic rings. The second-order valence-electron chi connectivity index (χ2n) is 10.4. The zero-order chi connectivity index (χ0) is 21.2. The largest absolute Gasteiger partial charge is 0.396 e. The van der Waals surface area contributed by atoms with Crippen LogP contribution >= 0.6 is 0 Å². The summed E-state index contributed by atoms with van der Waals surface area (Å²) in [5, 5.41) is 20.7. The molecule has 5 aliphatic rings. The first-order chi connectivity index (χ1) is 15.1. The van der Waals surface area contributed by atoms with Crippen LogP contribution in [-0.2, 0) is 4.74 Å². The summed E-state index contributed by atoms with van der Waals surface area (Å²) in [6.45, 7) is 0.791. The number of hydrogen-bond donors (Lipinski definition) is 2. The van der Waals surface area contributed by atoms with Crippen molar-refractivity contribution in [3.63, 3.8) is 0 Å². The van der Waals surface area contributed by atoms with Crippen LogP contribution in [0.15, 0.2) is 30.7 Å². The molecule has 4 atom stereocenters. The highest BCUT2D eigenvalue weighted by molar-refractivity contribution is 5.69. The molecule has 1 aromatic carbocycles. The fraction of sp³-hybridized carbons (Fsp3) is 0.640. The van der Waals surface area contributed by atoms with E-state index >= 15 is 0 Å². The van der Waals surface area contributed by atoms with Gasteiger partial charge in [-0.3, -0.25) is 0 Å². The van der Waals surface area contributed by atoms with Crippen molar-refractivity contribution in [3.8, 4) is 11.3 Å². The van der Waals surface area contributed by atoms with E-state index in [0.717, 1.165) is 30.5 Å². The lowest BCUT2D eigenvalue weighted by Crippen LogP contribution is -2.58. The van der Waals surface area contributed by atoms with E-state index in [4.69, 9.17) is 9.84 Å². The third kappa shape index (κ3) is 3.02. The van der Waals surface area contributed by atoms with Crippen molar-refractivity contribution in [1.29, 1.82) is 0 Å². The fourth-order valence-corrected chi connectivity index (χ4v) is 7.70. The maximum atomic E-state index is 14.8. The summed E-state index contributed by atoms with van der Waals surface area (Å²) < 4.78 is 23.1. The Bertz CT molecular complexity index is 959. The summed E-state index contributed by atoms with van der Waals surface area (Å²) in [4.78, 5) is 4.29. The lowest BCUT2D eigenvalue weighted by atomic mass is 9.46. The monoisotopic (exact) mass is 426 g/mol. The molecule has 0 spiro atoms. The van der Waals surface area contributed by atoms with Gasteiger partial charge >= 0.3 is 0 Å². The van der Waals surface area contributed by atoms with E-state index in [2.05, 4.69) is 4.98 Å². The van der Waals surface area contributed by atoms with Crippen molar-refractivity contribution >= 4 is 0 Å². The minimum atomic E-state index is -0.468. The van der Waals surface area contributed by atoms with Gasteiger partial charge in [-0.15, -0.1) is 0 Å². The molecule has 6 heteroatoms. The molecule has 7 rings (SSSR count). The molecular formula is C25H31FN2O3. The van der Waals surface area contributed by atoms with Crippen molar-refractivity contribution in [2.24, 2.45) is 23.2 Å². The Morgan fingerprint density at radius 1 is 1.23 bits per heavy atom. The predicted octanol–water partition coefficient (Wildman–Crippen LogP) is 3.94. The SMILES string of the molecule is OCCCOC1C2CC3CC1CC(C(O)CC1c4c(F)cccc4-c4cncn41)(C3)C2. The number of fused-ring (bicyclic) bond motifs is 3. The van der Waals surface area contributed by atoms with Crippen LogP contribution in [-0.4, -0.2) is 45.2 Å². The lowest BCUT2D eigenvalue weighted by molar-refractivity contribution is -0.190. The van der Waals surface area contributed by atoms with Crippen molar-refractivity contribution in [1.82, 2.24) is 9.55 Å². The first-order valence-electron chi connectivity index (χ1n) is 11.8. The zero-order valence-corrected chi connectivity index (χ0v) is 17.8. The van der Waals surface area contributed by atoms with Gasteiger partial charge in [-0.05, 0) is 74.2 Å². The number of halogens is 1. The van der Waals surface area contributed by atoms with Gasteiger partial charge in [0.2, 0.25) is 0 Å². The average molecular weight is 427 g/mol. The highest BCUT2D eigenvalue weighted by Crippen LogP contribution is 2.63. The van der Waals surface area contributed by atoms with Gasteiger partial charge in [0.15, 0.2) is 0 Å². The Morgan fingerprint density at radius 3 is 2.81 bits per heavy atom. The van der Waals surface area contributed by atoms with E-state index in [0.29, 0.717) is 42.8 Å². The van der Waals surface area contributed by atoms with Gasteiger partial charge in [-0.25, -0.2) is 9.37 Å². The Morgan fingerprint density at radius 2 is 2.03 bits per heavy atom. The van der Waals surface area contributed by atoms with Crippen molar-refractivity contribution in [2.45, 2.75) is 63.2 Å². The Balaban J connectivity index is 1.25. The standard InChI is InChI=1S/C25H31FN2O3/c26-19-4-1-3-18-21-13-27-14-28(21)20(23(18)19)9-22(30)25-10-15-7-16(11-25)24(17(8-15)12-25)31-6-2-5-29/h1,3-4,13-17,20,22,24,29-30H,2,5-12H2. The highest BCUT2D eigenvalue weighted by atomic mass is 19.1. The first-order valence-corrected chi connectivity index (χ1v) is 11.8. The van der Waals surface area contributed by atoms with Gasteiger partial charge in [0.1, 0.15) is 5.82 Å². The Hall–Kier alpha value is -1.76. The summed E-state index contributed by atoms with van der Waals surface area (Å²) in [6, 6.07) is 5.03. The molecule has 0 amide bonds. The van der Waals surface area contributed by atoms with E-state index in [9.17, 15) is 9.50 Å². The quantitative estimate of drug-likeness (QED) is 0.658. The van der Waals surface area contributed by atoms with Gasteiger partial charge in [0, 0.05) is 24.3 Å². The fourth-order valence-electron chi connectivity index (χ4n) is 7.70. The molecule has 2 heterocycles. The van der Waals surface area contributed by atoms with E-state index in [-0.39, 0.29) is 30.0 Å². The van der Waals surface area contributed by atoms with E-state index < -0.39 is 6.10 Å². The van der Waals surface area contributed by atoms with Crippen LogP contribution in [0.4, 0.5) is 4.39 Å². The molecule has 166 valence electrons. The summed E-state index contributed by atoms with van der Waals surface area (Å²) in [6.07, 6.45) is 10.1. The molecule has 4 unspecified atom stereocenters. The Labute approximate surface area is 182 Å². The molecule has 4 bridgehead atoms. The Kier molecular flexibility index (Phi) is 4.74. The maximum absolute atomic E-state index is 14.8. The van der Waals surface area contributed by atoms with Gasteiger partial charge in [-0.1, -0.05) is 12.1 Å². The van der Waals surface area contributed by atoms with Crippen molar-refractivity contribution in [2.75, 3.05) is 13.2 Å². The van der Waals surface area contributed by atoms with Gasteiger partial charge < -0.3 is 19.5 Å². The number of aromatic nitrogens is 2. The van der Waals surface area contributed by atoms with Gasteiger partial charge in [0.05, 0.1) is 36.5 Å². The van der Waals surface area contributed by atoms with Crippen LogP contribution in [0.25, 0.3) is 11.3 Å². The molecule has 0 radical (unpaired) electrons. The van der Waals surface area contributed by atoms with Crippen LogP contribution in [0.2, 0.25) is 0 Å². The smallest absolute Gasteiger partial charge is 0.129 e. The minimum absolute atomic E-state index is 0.0813. The second kappa shape index (κ2) is 7.39. The highest BCUT2D eigenvalue weighted by Gasteiger charge is 2.58. The maximum Gasteiger partial charge on any atom is 0.129 e. The van der Waals surface area contributed by atoms with Crippen LogP contribution in [0.1, 0.15) is 56.6 Å². The van der Waals surface area contributed by atoms with E-state index in [1.807, 2.05) is 10.6 Å². The number of imidazole rings is 1. The molecule has 4 aliphatic carbocycles. The zero-order valence-electron chi connectivity index (χ0n) is 17.8. The van der Waals surface area contributed by atoms with Crippen molar-refractivity contribution < 1.29 is 19.3 Å². The average Bonchev–Trinajstić information content (AvgIpc) is 3.33. The molecule has 4 saturated carbocycles. The lowest BCUT2D eigenvalue weighted by Gasteiger charge is -2.61. The number of rotatable bonds is 7. The second-order valence-corrected chi connectivity index (χ2v) is 10.4. The van der Waals surface area contributed by atoms with E-state index in [1.165, 1.54) is 18.9 Å². The number of ether oxygens (including phenoxy) is 1. The summed E-state index contributed by atoms with van der Waals surface area (Å²) >= 11 is 0.